The molecule has 0 saturated carbocycles. The third kappa shape index (κ3) is 6.74. The number of anilines is 1. The summed E-state index contributed by atoms with van der Waals surface area (Å²) in [6, 6.07) is 7.49. The van der Waals surface area contributed by atoms with E-state index in [2.05, 4.69) is 20.9 Å². The fraction of sp³-hybridized carbons (Fsp3) is 0.348. The standard InChI is InChI=1S/C23H30N4O4/c1-15-18(21(29)25-10-11-26-22(30)31-23(2,3)4)13-27-20(15)12-16(14-28)17-8-6-7-9-19(17)24-5/h6-9,12-14,24,27H,10-11H2,1-5H3,(H,25,29)(H,26,30)/b16-12+. The Labute approximate surface area is 182 Å². The molecule has 31 heavy (non-hydrogen) atoms. The molecule has 166 valence electrons. The van der Waals surface area contributed by atoms with Gasteiger partial charge >= 0.3 is 6.09 Å². The van der Waals surface area contributed by atoms with Crippen LogP contribution in [-0.2, 0) is 9.53 Å². The van der Waals surface area contributed by atoms with Gasteiger partial charge in [0.2, 0.25) is 0 Å². The molecule has 1 heterocycles. The number of carbonyl (C=O) groups excluding carboxylic acids is 3. The summed E-state index contributed by atoms with van der Waals surface area (Å²) in [4.78, 5) is 38.9. The van der Waals surface area contributed by atoms with Gasteiger partial charge < -0.3 is 25.7 Å². The lowest BCUT2D eigenvalue weighted by Crippen LogP contribution is -2.37. The van der Waals surface area contributed by atoms with E-state index in [1.807, 2.05) is 31.2 Å². The lowest BCUT2D eigenvalue weighted by molar-refractivity contribution is -0.103. The minimum absolute atomic E-state index is 0.243. The first-order chi connectivity index (χ1) is 14.7. The second-order valence-electron chi connectivity index (χ2n) is 7.94. The lowest BCUT2D eigenvalue weighted by atomic mass is 10.0. The molecule has 0 bridgehead atoms. The van der Waals surface area contributed by atoms with Gasteiger partial charge in [-0.1, -0.05) is 18.2 Å². The first kappa shape index (κ1) is 23.7. The molecule has 8 heteroatoms. The zero-order chi connectivity index (χ0) is 23.0. The van der Waals surface area contributed by atoms with Gasteiger partial charge in [0.15, 0.2) is 6.29 Å². The Morgan fingerprint density at radius 2 is 1.77 bits per heavy atom. The zero-order valence-electron chi connectivity index (χ0n) is 18.6. The topological polar surface area (TPSA) is 112 Å². The normalized spacial score (nSPS) is 11.6. The number of H-pyrrole nitrogens is 1. The van der Waals surface area contributed by atoms with E-state index in [0.717, 1.165) is 23.1 Å². The van der Waals surface area contributed by atoms with E-state index < -0.39 is 11.7 Å². The van der Waals surface area contributed by atoms with Crippen molar-refractivity contribution in [3.05, 3.63) is 52.8 Å². The number of nitrogens with one attached hydrogen (secondary N) is 4. The first-order valence-electron chi connectivity index (χ1n) is 10.0. The first-order valence-corrected chi connectivity index (χ1v) is 10.0. The van der Waals surface area contributed by atoms with E-state index in [-0.39, 0.29) is 19.0 Å². The highest BCUT2D eigenvalue weighted by atomic mass is 16.6. The van der Waals surface area contributed by atoms with Crippen molar-refractivity contribution in [2.24, 2.45) is 0 Å². The van der Waals surface area contributed by atoms with Crippen molar-refractivity contribution >= 4 is 35.6 Å². The Hall–Kier alpha value is -3.55. The minimum atomic E-state index is -0.576. The van der Waals surface area contributed by atoms with Crippen molar-refractivity contribution in [1.82, 2.24) is 15.6 Å². The van der Waals surface area contributed by atoms with E-state index >= 15 is 0 Å². The SMILES string of the molecule is CNc1ccccc1/C(C=O)=C/c1[nH]cc(C(=O)NCCNC(=O)OC(C)(C)C)c1C. The van der Waals surface area contributed by atoms with Crippen molar-refractivity contribution in [3.63, 3.8) is 0 Å². The zero-order valence-corrected chi connectivity index (χ0v) is 18.6. The molecule has 4 N–H and O–H groups in total. The summed E-state index contributed by atoms with van der Waals surface area (Å²) in [7, 11) is 1.79. The van der Waals surface area contributed by atoms with Crippen LogP contribution in [0.4, 0.5) is 10.5 Å². The molecule has 2 amide bonds. The maximum absolute atomic E-state index is 12.5. The molecular weight excluding hydrogens is 396 g/mol. The second-order valence-corrected chi connectivity index (χ2v) is 7.94. The molecule has 2 aromatic rings. The lowest BCUT2D eigenvalue weighted by Gasteiger charge is -2.19. The summed E-state index contributed by atoms with van der Waals surface area (Å²) < 4.78 is 5.15. The molecular formula is C23H30N4O4. The number of aromatic amines is 1. The van der Waals surface area contributed by atoms with E-state index in [1.54, 1.807) is 40.1 Å². The van der Waals surface area contributed by atoms with E-state index in [9.17, 15) is 14.4 Å². The van der Waals surface area contributed by atoms with E-state index in [0.29, 0.717) is 16.8 Å². The van der Waals surface area contributed by atoms with Crippen LogP contribution in [0.1, 0.15) is 48.0 Å². The minimum Gasteiger partial charge on any atom is -0.444 e. The Kier molecular flexibility index (Phi) is 8.01. The number of allylic oxidation sites excluding steroid dienone is 1. The van der Waals surface area contributed by atoms with Gasteiger partial charge in [-0.25, -0.2) is 4.79 Å². The van der Waals surface area contributed by atoms with E-state index in [4.69, 9.17) is 4.74 Å². The molecule has 0 aliphatic heterocycles. The van der Waals surface area contributed by atoms with Crippen LogP contribution in [0, 0.1) is 6.92 Å². The molecule has 2 rings (SSSR count). The third-order valence-corrected chi connectivity index (χ3v) is 4.44. The quantitative estimate of drug-likeness (QED) is 0.294. The monoisotopic (exact) mass is 426 g/mol. The maximum Gasteiger partial charge on any atom is 0.407 e. The van der Waals surface area contributed by atoms with Gasteiger partial charge in [-0.15, -0.1) is 0 Å². The molecule has 0 fully saturated rings. The van der Waals surface area contributed by atoms with Gasteiger partial charge in [-0.2, -0.15) is 0 Å². The van der Waals surface area contributed by atoms with Crippen molar-refractivity contribution in [2.75, 3.05) is 25.5 Å². The van der Waals surface area contributed by atoms with Crippen LogP contribution in [0.3, 0.4) is 0 Å². The average Bonchev–Trinajstić information content (AvgIpc) is 3.08. The number of carbonyl (C=O) groups is 3. The van der Waals surface area contributed by atoms with Crippen molar-refractivity contribution in [2.45, 2.75) is 33.3 Å². The fourth-order valence-corrected chi connectivity index (χ4v) is 2.93. The summed E-state index contributed by atoms with van der Waals surface area (Å²) in [5.74, 6) is -0.275. The highest BCUT2D eigenvalue weighted by Gasteiger charge is 2.17. The molecule has 0 atom stereocenters. The number of amides is 2. The van der Waals surface area contributed by atoms with Crippen LogP contribution in [-0.4, -0.2) is 49.0 Å². The average molecular weight is 427 g/mol. The predicted molar refractivity (Wildman–Crippen MR) is 122 cm³/mol. The molecule has 0 unspecified atom stereocenters. The largest absolute Gasteiger partial charge is 0.444 e. The van der Waals surface area contributed by atoms with Crippen molar-refractivity contribution < 1.29 is 19.1 Å². The molecule has 0 spiro atoms. The Morgan fingerprint density at radius 3 is 2.42 bits per heavy atom. The summed E-state index contributed by atoms with van der Waals surface area (Å²) >= 11 is 0. The van der Waals surface area contributed by atoms with Crippen LogP contribution in [0.2, 0.25) is 0 Å². The number of para-hydroxylation sites is 1. The van der Waals surface area contributed by atoms with E-state index in [1.165, 1.54) is 0 Å². The van der Waals surface area contributed by atoms with Gasteiger partial charge in [0.25, 0.3) is 5.91 Å². The molecule has 0 aliphatic rings. The number of aldehydes is 1. The van der Waals surface area contributed by atoms with Crippen molar-refractivity contribution in [3.8, 4) is 0 Å². The number of alkyl carbamates (subject to hydrolysis) is 1. The van der Waals surface area contributed by atoms with Gasteiger partial charge in [0.1, 0.15) is 5.60 Å². The molecule has 1 aromatic heterocycles. The van der Waals surface area contributed by atoms with Crippen LogP contribution in [0.5, 0.6) is 0 Å². The number of hydrogen-bond donors (Lipinski definition) is 4. The number of benzene rings is 1. The number of ether oxygens (including phenoxy) is 1. The molecule has 0 aliphatic carbocycles. The second kappa shape index (κ2) is 10.5. The number of aromatic nitrogens is 1. The van der Waals surface area contributed by atoms with Gasteiger partial charge in [0, 0.05) is 48.9 Å². The molecule has 0 radical (unpaired) electrons. The highest BCUT2D eigenvalue weighted by molar-refractivity contribution is 6.15. The summed E-state index contributed by atoms with van der Waals surface area (Å²) in [5.41, 5.74) is 3.38. The predicted octanol–water partition coefficient (Wildman–Crippen LogP) is 3.36. The molecule has 1 aromatic carbocycles. The molecule has 8 nitrogen and oxygen atoms in total. The Morgan fingerprint density at radius 1 is 1.10 bits per heavy atom. The van der Waals surface area contributed by atoms with Gasteiger partial charge in [0.05, 0.1) is 5.56 Å². The third-order valence-electron chi connectivity index (χ3n) is 4.44. The Bertz CT molecular complexity index is 970. The van der Waals surface area contributed by atoms with Crippen LogP contribution < -0.4 is 16.0 Å². The van der Waals surface area contributed by atoms with Crippen molar-refractivity contribution in [1.29, 1.82) is 0 Å². The summed E-state index contributed by atoms with van der Waals surface area (Å²) in [6.07, 6.45) is 3.58. The van der Waals surface area contributed by atoms with Crippen LogP contribution in [0.25, 0.3) is 11.6 Å². The highest BCUT2D eigenvalue weighted by Crippen LogP contribution is 2.25. The summed E-state index contributed by atoms with van der Waals surface area (Å²) in [6.45, 7) is 7.64. The fourth-order valence-electron chi connectivity index (χ4n) is 2.93. The smallest absolute Gasteiger partial charge is 0.407 e. The Balaban J connectivity index is 2.04. The maximum atomic E-state index is 12.5. The van der Waals surface area contributed by atoms with Crippen LogP contribution >= 0.6 is 0 Å². The molecule has 0 saturated heterocycles. The number of hydrogen-bond acceptors (Lipinski definition) is 5. The number of rotatable bonds is 8. The van der Waals surface area contributed by atoms with Gasteiger partial charge in [-0.3, -0.25) is 9.59 Å². The summed E-state index contributed by atoms with van der Waals surface area (Å²) in [5, 5.41) is 8.42. The van der Waals surface area contributed by atoms with Gasteiger partial charge in [-0.05, 0) is 45.4 Å². The van der Waals surface area contributed by atoms with Crippen LogP contribution in [0.15, 0.2) is 30.5 Å².